The van der Waals surface area contributed by atoms with Crippen LogP contribution in [-0.2, 0) is 0 Å². The highest BCUT2D eigenvalue weighted by Gasteiger charge is 2.17. The normalized spacial score (nSPS) is 12.7. The molecular weight excluding hydrogens is 422 g/mol. The van der Waals surface area contributed by atoms with Crippen LogP contribution < -0.4 is 10.1 Å². The number of amides is 1. The van der Waals surface area contributed by atoms with Crippen LogP contribution in [-0.4, -0.2) is 41.4 Å². The molecule has 0 spiro atoms. The molecule has 0 fully saturated rings. The molecule has 0 aliphatic rings. The van der Waals surface area contributed by atoms with Gasteiger partial charge >= 0.3 is 6.09 Å². The third-order valence-corrected chi connectivity index (χ3v) is 4.96. The van der Waals surface area contributed by atoms with E-state index in [1.54, 1.807) is 44.6 Å². The molecule has 0 radical (unpaired) electrons. The van der Waals surface area contributed by atoms with Crippen molar-refractivity contribution in [3.63, 3.8) is 0 Å². The number of carbonyl (C=O) groups excluding carboxylic acids is 1. The van der Waals surface area contributed by atoms with Gasteiger partial charge in [0, 0.05) is 18.5 Å². The molecule has 0 bridgehead atoms. The summed E-state index contributed by atoms with van der Waals surface area (Å²) < 4.78 is 7.00. The Bertz CT molecular complexity index is 1240. The number of hydrogen-bond acceptors (Lipinski definition) is 8. The van der Waals surface area contributed by atoms with Crippen LogP contribution in [0.15, 0.2) is 61.1 Å². The van der Waals surface area contributed by atoms with Gasteiger partial charge in [-0.25, -0.2) is 4.79 Å². The lowest BCUT2D eigenvalue weighted by molar-refractivity contribution is 0.185. The van der Waals surface area contributed by atoms with E-state index >= 15 is 0 Å². The number of aromatic nitrogens is 6. The summed E-state index contributed by atoms with van der Waals surface area (Å²) in [6.07, 6.45) is 3.17. The number of benzene rings is 2. The summed E-state index contributed by atoms with van der Waals surface area (Å²) in [5.41, 5.74) is 4.00. The van der Waals surface area contributed by atoms with E-state index in [1.807, 2.05) is 37.3 Å². The average Bonchev–Trinajstić information content (AvgIpc) is 3.30. The molecule has 0 aliphatic heterocycles. The Morgan fingerprint density at radius 2 is 1.88 bits per heavy atom. The van der Waals surface area contributed by atoms with E-state index in [4.69, 9.17) is 4.74 Å². The van der Waals surface area contributed by atoms with E-state index in [2.05, 4.69) is 30.8 Å². The lowest BCUT2D eigenvalue weighted by Crippen LogP contribution is -2.30. The molecule has 1 unspecified atom stereocenters. The van der Waals surface area contributed by atoms with E-state index in [-0.39, 0.29) is 5.82 Å². The van der Waals surface area contributed by atoms with Crippen molar-refractivity contribution in [1.82, 2.24) is 35.5 Å². The maximum Gasteiger partial charge on any atom is 0.413 e. The first kappa shape index (κ1) is 22.0. The van der Waals surface area contributed by atoms with Gasteiger partial charge < -0.3 is 15.2 Å². The Labute approximate surface area is 190 Å². The first-order chi connectivity index (χ1) is 15.9. The Hall–Kier alpha value is -4.18. The third-order valence-electron chi connectivity index (χ3n) is 4.96. The molecule has 33 heavy (non-hydrogen) atoms. The molecule has 4 rings (SSSR count). The number of carbonyl (C=O) groups is 1. The summed E-state index contributed by atoms with van der Waals surface area (Å²) in [6, 6.07) is 12.8. The van der Waals surface area contributed by atoms with E-state index in [9.17, 15) is 9.90 Å². The van der Waals surface area contributed by atoms with Crippen molar-refractivity contribution in [3.8, 4) is 22.6 Å². The Balaban J connectivity index is 1.66. The number of ether oxygens (including phenoxy) is 1. The number of tetrazole rings is 1. The van der Waals surface area contributed by atoms with Crippen LogP contribution in [0.4, 0.5) is 4.79 Å². The molecule has 2 atom stereocenters. The lowest BCUT2D eigenvalue weighted by Gasteiger charge is -2.15. The van der Waals surface area contributed by atoms with Gasteiger partial charge in [-0.3, -0.25) is 9.97 Å². The minimum absolute atomic E-state index is 0.266. The highest BCUT2D eigenvalue weighted by atomic mass is 16.6. The van der Waals surface area contributed by atoms with E-state index in [0.29, 0.717) is 17.1 Å². The summed E-state index contributed by atoms with van der Waals surface area (Å²) in [4.78, 5) is 20.8. The summed E-state index contributed by atoms with van der Waals surface area (Å²) >= 11 is 0. The van der Waals surface area contributed by atoms with Crippen LogP contribution in [0.25, 0.3) is 16.8 Å². The average molecular weight is 445 g/mol. The SMILES string of the molecule is Cc1ccc(-c2cc(OC(=O)NC(C)c3cnccn3)cc(-n3nnnc3[C@H](C)O)c2)cc1. The Kier molecular flexibility index (Phi) is 6.36. The first-order valence-corrected chi connectivity index (χ1v) is 10.3. The predicted molar refractivity (Wildman–Crippen MR) is 120 cm³/mol. The Morgan fingerprint density at radius 1 is 1.09 bits per heavy atom. The lowest BCUT2D eigenvalue weighted by atomic mass is 10.0. The van der Waals surface area contributed by atoms with Crippen LogP contribution in [0, 0.1) is 6.92 Å². The van der Waals surface area contributed by atoms with Gasteiger partial charge in [-0.2, -0.15) is 4.68 Å². The van der Waals surface area contributed by atoms with Crippen molar-refractivity contribution in [3.05, 3.63) is 78.1 Å². The second-order valence-electron chi connectivity index (χ2n) is 7.59. The maximum atomic E-state index is 12.6. The van der Waals surface area contributed by atoms with E-state index in [1.165, 1.54) is 4.68 Å². The molecule has 0 aliphatic carbocycles. The molecule has 0 saturated carbocycles. The summed E-state index contributed by atoms with van der Waals surface area (Å²) in [7, 11) is 0. The molecule has 168 valence electrons. The zero-order valence-corrected chi connectivity index (χ0v) is 18.4. The van der Waals surface area contributed by atoms with Gasteiger partial charge in [0.1, 0.15) is 11.9 Å². The largest absolute Gasteiger partial charge is 0.413 e. The van der Waals surface area contributed by atoms with Crippen molar-refractivity contribution < 1.29 is 14.6 Å². The first-order valence-electron chi connectivity index (χ1n) is 10.3. The smallest absolute Gasteiger partial charge is 0.410 e. The zero-order chi connectivity index (χ0) is 23.4. The van der Waals surface area contributed by atoms with Gasteiger partial charge in [0.05, 0.1) is 23.6 Å². The number of aryl methyl sites for hydroxylation is 1. The van der Waals surface area contributed by atoms with E-state index in [0.717, 1.165) is 16.7 Å². The number of hydrogen-bond donors (Lipinski definition) is 2. The molecule has 4 aromatic rings. The van der Waals surface area contributed by atoms with Crippen LogP contribution in [0.1, 0.15) is 43.1 Å². The minimum Gasteiger partial charge on any atom is -0.410 e. The van der Waals surface area contributed by atoms with Crippen molar-refractivity contribution in [2.24, 2.45) is 0 Å². The van der Waals surface area contributed by atoms with Gasteiger partial charge in [-0.05, 0) is 54.5 Å². The fraction of sp³-hybridized carbons (Fsp3) is 0.217. The number of nitrogens with one attached hydrogen (secondary N) is 1. The standard InChI is InChI=1S/C23H23N7O3/c1-14-4-6-17(7-5-14)18-10-19(30-22(16(3)31)27-28-29-30)12-20(11-18)33-23(32)26-15(2)21-13-24-8-9-25-21/h4-13,15-16,31H,1-3H3,(H,26,32)/t15?,16-/m0/s1. The fourth-order valence-electron chi connectivity index (χ4n) is 3.24. The molecule has 0 saturated heterocycles. The highest BCUT2D eigenvalue weighted by Crippen LogP contribution is 2.29. The van der Waals surface area contributed by atoms with Crippen LogP contribution >= 0.6 is 0 Å². The summed E-state index contributed by atoms with van der Waals surface area (Å²) in [5, 5.41) is 24.3. The number of rotatable bonds is 6. The van der Waals surface area contributed by atoms with Crippen molar-refractivity contribution in [2.45, 2.75) is 32.9 Å². The molecule has 10 nitrogen and oxygen atoms in total. The predicted octanol–water partition coefficient (Wildman–Crippen LogP) is 3.33. The highest BCUT2D eigenvalue weighted by molar-refractivity contribution is 5.74. The maximum absolute atomic E-state index is 12.6. The molecule has 2 heterocycles. The zero-order valence-electron chi connectivity index (χ0n) is 18.4. The van der Waals surface area contributed by atoms with Gasteiger partial charge in [0.25, 0.3) is 0 Å². The van der Waals surface area contributed by atoms with Gasteiger partial charge in [-0.15, -0.1) is 5.10 Å². The minimum atomic E-state index is -0.886. The van der Waals surface area contributed by atoms with Crippen LogP contribution in [0.2, 0.25) is 0 Å². The van der Waals surface area contributed by atoms with Gasteiger partial charge in [0.2, 0.25) is 0 Å². The topological polar surface area (TPSA) is 128 Å². The van der Waals surface area contributed by atoms with Crippen molar-refractivity contribution >= 4 is 6.09 Å². The number of aliphatic hydroxyl groups is 1. The number of nitrogens with zero attached hydrogens (tertiary/aromatic N) is 6. The van der Waals surface area contributed by atoms with Crippen molar-refractivity contribution in [1.29, 1.82) is 0 Å². The van der Waals surface area contributed by atoms with Gasteiger partial charge in [-0.1, -0.05) is 29.8 Å². The molecule has 2 aromatic heterocycles. The third kappa shape index (κ3) is 5.18. The molecular formula is C23H23N7O3. The molecule has 1 amide bonds. The summed E-state index contributed by atoms with van der Waals surface area (Å²) in [6.45, 7) is 5.37. The van der Waals surface area contributed by atoms with Crippen LogP contribution in [0.5, 0.6) is 5.75 Å². The number of aliphatic hydroxyl groups excluding tert-OH is 1. The van der Waals surface area contributed by atoms with Gasteiger partial charge in [0.15, 0.2) is 5.82 Å². The molecule has 2 aromatic carbocycles. The summed E-state index contributed by atoms with van der Waals surface area (Å²) in [5.74, 6) is 0.557. The quantitative estimate of drug-likeness (QED) is 0.463. The van der Waals surface area contributed by atoms with E-state index < -0.39 is 18.2 Å². The second-order valence-corrected chi connectivity index (χ2v) is 7.59. The Morgan fingerprint density at radius 3 is 2.58 bits per heavy atom. The van der Waals surface area contributed by atoms with Crippen molar-refractivity contribution in [2.75, 3.05) is 0 Å². The second kappa shape index (κ2) is 9.53. The molecule has 2 N–H and O–H groups in total. The fourth-order valence-corrected chi connectivity index (χ4v) is 3.24. The monoisotopic (exact) mass is 445 g/mol. The molecule has 10 heteroatoms. The van der Waals surface area contributed by atoms with Crippen LogP contribution in [0.3, 0.4) is 0 Å².